The molecule has 25 heavy (non-hydrogen) atoms. The summed E-state index contributed by atoms with van der Waals surface area (Å²) in [5.41, 5.74) is -0.615. The Labute approximate surface area is 148 Å². The van der Waals surface area contributed by atoms with Crippen molar-refractivity contribution in [2.75, 3.05) is 0 Å². The van der Waals surface area contributed by atoms with Gasteiger partial charge in [0.1, 0.15) is 5.75 Å². The van der Waals surface area contributed by atoms with Gasteiger partial charge in [-0.2, -0.15) is 8.78 Å². The molecule has 2 rings (SSSR count). The van der Waals surface area contributed by atoms with Crippen LogP contribution < -0.4 is 4.74 Å². The molecule has 11 heteroatoms. The summed E-state index contributed by atoms with van der Waals surface area (Å²) >= 11 is 11.6. The van der Waals surface area contributed by atoms with Crippen LogP contribution >= 0.6 is 23.2 Å². The summed E-state index contributed by atoms with van der Waals surface area (Å²) in [6.07, 6.45) is -5.07. The number of hydrogen-bond donors (Lipinski definition) is 0. The molecule has 0 N–H and O–H groups in total. The van der Waals surface area contributed by atoms with Crippen LogP contribution in [0.4, 0.5) is 22.0 Å². The fourth-order valence-corrected chi connectivity index (χ4v) is 3.27. The van der Waals surface area contributed by atoms with Crippen molar-refractivity contribution >= 4 is 33.0 Å². The molecule has 2 aromatic carbocycles. The fourth-order valence-electron chi connectivity index (χ4n) is 1.91. The highest BCUT2D eigenvalue weighted by Gasteiger charge is 2.33. The molecular weight excluding hydrogens is 414 g/mol. The van der Waals surface area contributed by atoms with Gasteiger partial charge in [-0.25, -0.2) is 8.42 Å². The second-order valence-electron chi connectivity index (χ2n) is 4.57. The maximum Gasteiger partial charge on any atom is 0.573 e. The number of sulfone groups is 1. The van der Waals surface area contributed by atoms with Crippen LogP contribution in [0.3, 0.4) is 0 Å². The van der Waals surface area contributed by atoms with Crippen LogP contribution in [0.25, 0.3) is 11.1 Å². The monoisotopic (exact) mass is 419 g/mol. The third kappa shape index (κ3) is 4.53. The molecule has 3 nitrogen and oxygen atoms in total. The van der Waals surface area contributed by atoms with E-state index in [1.54, 1.807) is 0 Å². The summed E-state index contributed by atoms with van der Waals surface area (Å²) in [5, 5.41) is -0.567. The number of halogens is 7. The predicted molar refractivity (Wildman–Crippen MR) is 80.6 cm³/mol. The van der Waals surface area contributed by atoms with Gasteiger partial charge in [-0.15, -0.1) is 13.2 Å². The van der Waals surface area contributed by atoms with Crippen molar-refractivity contribution in [1.29, 1.82) is 0 Å². The highest BCUT2D eigenvalue weighted by atomic mass is 35.5. The van der Waals surface area contributed by atoms with Gasteiger partial charge in [0.15, 0.2) is 0 Å². The van der Waals surface area contributed by atoms with E-state index >= 15 is 0 Å². The Hall–Kier alpha value is -1.58. The normalized spacial score (nSPS) is 12.5. The molecule has 0 atom stereocenters. The number of rotatable bonds is 4. The molecule has 0 saturated carbocycles. The lowest BCUT2D eigenvalue weighted by Crippen LogP contribution is -2.17. The van der Waals surface area contributed by atoms with Crippen molar-refractivity contribution in [2.45, 2.75) is 17.0 Å². The zero-order valence-electron chi connectivity index (χ0n) is 11.7. The van der Waals surface area contributed by atoms with E-state index in [9.17, 15) is 30.4 Å². The molecule has 0 saturated heterocycles. The lowest BCUT2D eigenvalue weighted by molar-refractivity contribution is -0.274. The highest BCUT2D eigenvalue weighted by Crippen LogP contribution is 2.40. The lowest BCUT2D eigenvalue weighted by atomic mass is 10.0. The Balaban J connectivity index is 2.70. The summed E-state index contributed by atoms with van der Waals surface area (Å²) in [4.78, 5) is -0.869. The second kappa shape index (κ2) is 6.97. The van der Waals surface area contributed by atoms with Crippen molar-refractivity contribution < 1.29 is 35.1 Å². The van der Waals surface area contributed by atoms with Gasteiger partial charge in [-0.1, -0.05) is 23.2 Å². The van der Waals surface area contributed by atoms with Gasteiger partial charge < -0.3 is 4.74 Å². The van der Waals surface area contributed by atoms with E-state index < -0.39 is 32.6 Å². The average molecular weight is 420 g/mol. The van der Waals surface area contributed by atoms with E-state index in [1.165, 1.54) is 0 Å². The summed E-state index contributed by atoms with van der Waals surface area (Å²) in [6, 6.07) is 6.78. The lowest BCUT2D eigenvalue weighted by Gasteiger charge is -2.15. The van der Waals surface area contributed by atoms with Gasteiger partial charge >= 0.3 is 12.1 Å². The van der Waals surface area contributed by atoms with Crippen LogP contribution in [-0.2, 0) is 9.84 Å². The molecule has 1 radical (unpaired) electrons. The minimum Gasteiger partial charge on any atom is -0.405 e. The Morgan fingerprint density at radius 3 is 2.28 bits per heavy atom. The van der Waals surface area contributed by atoms with Crippen LogP contribution in [-0.4, -0.2) is 20.5 Å². The molecule has 0 amide bonds. The average Bonchev–Trinajstić information content (AvgIpc) is 2.44. The van der Waals surface area contributed by atoms with E-state index in [0.29, 0.717) is 0 Å². The molecule has 2 aromatic rings. The first-order chi connectivity index (χ1) is 11.4. The minimum absolute atomic E-state index is 0.245. The maximum absolute atomic E-state index is 12.7. The molecule has 0 fully saturated rings. The van der Waals surface area contributed by atoms with E-state index in [2.05, 4.69) is 10.8 Å². The maximum atomic E-state index is 12.7. The minimum atomic E-state index is -5.07. The van der Waals surface area contributed by atoms with Crippen molar-refractivity contribution in [3.8, 4) is 16.9 Å². The Morgan fingerprint density at radius 2 is 1.72 bits per heavy atom. The largest absolute Gasteiger partial charge is 0.573 e. The van der Waals surface area contributed by atoms with E-state index in [-0.39, 0.29) is 21.2 Å². The number of ether oxygens (including phenoxy) is 1. The molecule has 0 aliphatic rings. The smallest absolute Gasteiger partial charge is 0.405 e. The summed E-state index contributed by atoms with van der Waals surface area (Å²) in [7, 11) is -5.02. The van der Waals surface area contributed by atoms with Gasteiger partial charge in [0.25, 0.3) is 0 Å². The molecule has 0 heterocycles. The Morgan fingerprint density at radius 1 is 1.08 bits per heavy atom. The van der Waals surface area contributed by atoms with Gasteiger partial charge in [0.05, 0.1) is 9.92 Å². The number of hydrogen-bond acceptors (Lipinski definition) is 3. The molecule has 0 aromatic heterocycles. The fraction of sp³-hybridized carbons (Fsp3) is 0.143. The quantitative estimate of drug-likeness (QED) is 0.626. The SMILES string of the molecule is O=S(=O)(c1cc(Cl)cc(-c2c(Cl)c[c]cc2OC(F)(F)F)c1)C(F)F. The van der Waals surface area contributed by atoms with Gasteiger partial charge in [0.2, 0.25) is 9.84 Å². The van der Waals surface area contributed by atoms with E-state index in [4.69, 9.17) is 23.2 Å². The van der Waals surface area contributed by atoms with E-state index in [1.807, 2.05) is 0 Å². The zero-order valence-corrected chi connectivity index (χ0v) is 14.1. The molecular formula is C14H6Cl2F5O3S. The third-order valence-corrected chi connectivity index (χ3v) is 4.74. The second-order valence-corrected chi connectivity index (χ2v) is 7.33. The van der Waals surface area contributed by atoms with Gasteiger partial charge in [-0.05, 0) is 42.0 Å². The first kappa shape index (κ1) is 19.7. The third-order valence-electron chi connectivity index (χ3n) is 2.86. The molecule has 0 aliphatic carbocycles. The topological polar surface area (TPSA) is 43.4 Å². The number of benzene rings is 2. The predicted octanol–water partition coefficient (Wildman–Crippen LogP) is 5.36. The number of alkyl halides is 5. The standard InChI is InChI=1S/C14H6Cl2F5O3S/c15-8-4-7(5-9(6-8)25(22,23)13(17)18)12-10(16)2-1-3-11(12)24-14(19,20)21/h2-6,13H. The van der Waals surface area contributed by atoms with Crippen LogP contribution in [0.5, 0.6) is 5.75 Å². The van der Waals surface area contributed by atoms with Gasteiger partial charge in [0, 0.05) is 10.6 Å². The summed E-state index contributed by atoms with van der Waals surface area (Å²) < 4.78 is 90.0. The van der Waals surface area contributed by atoms with Crippen LogP contribution in [0.2, 0.25) is 10.0 Å². The zero-order chi connectivity index (χ0) is 19.0. The van der Waals surface area contributed by atoms with Crippen LogP contribution in [0, 0.1) is 6.07 Å². The highest BCUT2D eigenvalue weighted by molar-refractivity contribution is 7.91. The summed E-state index contributed by atoms with van der Waals surface area (Å²) in [6.45, 7) is 0. The molecule has 0 bridgehead atoms. The van der Waals surface area contributed by atoms with Crippen molar-refractivity contribution in [3.05, 3.63) is 46.4 Å². The Kier molecular flexibility index (Phi) is 5.50. The van der Waals surface area contributed by atoms with Crippen molar-refractivity contribution in [3.63, 3.8) is 0 Å². The first-order valence-electron chi connectivity index (χ1n) is 6.20. The van der Waals surface area contributed by atoms with Gasteiger partial charge in [-0.3, -0.25) is 0 Å². The van der Waals surface area contributed by atoms with Crippen LogP contribution in [0.1, 0.15) is 0 Å². The Bertz CT molecular complexity index is 898. The summed E-state index contributed by atoms with van der Waals surface area (Å²) in [5.74, 6) is -4.52. The van der Waals surface area contributed by atoms with Crippen molar-refractivity contribution in [1.82, 2.24) is 0 Å². The molecule has 0 unspecified atom stereocenters. The molecule has 135 valence electrons. The molecule has 0 aliphatic heterocycles. The van der Waals surface area contributed by atoms with Crippen molar-refractivity contribution in [2.24, 2.45) is 0 Å². The van der Waals surface area contributed by atoms with Crippen LogP contribution in [0.15, 0.2) is 35.2 Å². The first-order valence-corrected chi connectivity index (χ1v) is 8.50. The van der Waals surface area contributed by atoms with E-state index in [0.717, 1.165) is 30.3 Å². The molecule has 0 spiro atoms.